The van der Waals surface area contributed by atoms with E-state index < -0.39 is 0 Å². The second-order valence-corrected chi connectivity index (χ2v) is 4.51. The van der Waals surface area contributed by atoms with E-state index in [0.29, 0.717) is 5.92 Å². The van der Waals surface area contributed by atoms with Crippen molar-refractivity contribution < 1.29 is 4.79 Å². The minimum absolute atomic E-state index is 0.126. The fourth-order valence-corrected chi connectivity index (χ4v) is 1.53. The normalized spacial score (nSPS) is 10.4. The molecule has 3 nitrogen and oxygen atoms in total. The average molecular weight is 234 g/mol. The van der Waals surface area contributed by atoms with Gasteiger partial charge in [-0.15, -0.1) is 0 Å². The summed E-state index contributed by atoms with van der Waals surface area (Å²) in [5.41, 5.74) is 2.08. The summed E-state index contributed by atoms with van der Waals surface area (Å²) in [6.07, 6.45) is 2.10. The van der Waals surface area contributed by atoms with E-state index in [9.17, 15) is 4.79 Å². The van der Waals surface area contributed by atoms with Gasteiger partial charge in [0.1, 0.15) is 0 Å². The number of benzene rings is 1. The Bertz CT molecular complexity index is 361. The van der Waals surface area contributed by atoms with Crippen LogP contribution in [0, 0.1) is 0 Å². The van der Waals surface area contributed by atoms with Crippen molar-refractivity contribution in [3.05, 3.63) is 29.8 Å². The van der Waals surface area contributed by atoms with Crippen LogP contribution in [-0.4, -0.2) is 12.6 Å². The fourth-order valence-electron chi connectivity index (χ4n) is 1.53. The molecule has 0 aliphatic rings. The lowest BCUT2D eigenvalue weighted by molar-refractivity contribution is 0.252. The van der Waals surface area contributed by atoms with Gasteiger partial charge in [-0.2, -0.15) is 0 Å². The third-order valence-corrected chi connectivity index (χ3v) is 2.63. The largest absolute Gasteiger partial charge is 0.338 e. The number of anilines is 1. The van der Waals surface area contributed by atoms with Crippen LogP contribution in [0.25, 0.3) is 0 Å². The van der Waals surface area contributed by atoms with E-state index in [1.54, 1.807) is 0 Å². The Balaban J connectivity index is 2.50. The number of carbonyl (C=O) groups is 1. The molecule has 2 amide bonds. The number of nitrogens with one attached hydrogen (secondary N) is 2. The van der Waals surface area contributed by atoms with E-state index in [2.05, 4.69) is 37.5 Å². The van der Waals surface area contributed by atoms with Crippen LogP contribution in [0.15, 0.2) is 24.3 Å². The first-order chi connectivity index (χ1) is 8.13. The first-order valence-corrected chi connectivity index (χ1v) is 6.28. The van der Waals surface area contributed by atoms with E-state index in [-0.39, 0.29) is 6.03 Å². The molecule has 1 rings (SSSR count). The quantitative estimate of drug-likeness (QED) is 0.749. The van der Waals surface area contributed by atoms with Gasteiger partial charge in [0.15, 0.2) is 0 Å². The molecule has 0 radical (unpaired) electrons. The van der Waals surface area contributed by atoms with Gasteiger partial charge in [-0.3, -0.25) is 0 Å². The van der Waals surface area contributed by atoms with E-state index in [4.69, 9.17) is 0 Å². The zero-order valence-corrected chi connectivity index (χ0v) is 10.9. The zero-order chi connectivity index (χ0) is 12.7. The Morgan fingerprint density at radius 1 is 1.35 bits per heavy atom. The average Bonchev–Trinajstić information content (AvgIpc) is 2.29. The van der Waals surface area contributed by atoms with Gasteiger partial charge >= 0.3 is 6.03 Å². The topological polar surface area (TPSA) is 41.1 Å². The van der Waals surface area contributed by atoms with Gasteiger partial charge in [-0.1, -0.05) is 39.3 Å². The van der Waals surface area contributed by atoms with Gasteiger partial charge in [0.2, 0.25) is 0 Å². The summed E-state index contributed by atoms with van der Waals surface area (Å²) in [4.78, 5) is 11.5. The highest BCUT2D eigenvalue weighted by atomic mass is 16.2. The molecular weight excluding hydrogens is 212 g/mol. The molecule has 0 saturated carbocycles. The minimum Gasteiger partial charge on any atom is -0.338 e. The van der Waals surface area contributed by atoms with Gasteiger partial charge in [0.05, 0.1) is 0 Å². The highest BCUT2D eigenvalue weighted by Crippen LogP contribution is 2.18. The molecule has 2 N–H and O–H groups in total. The number of rotatable bonds is 5. The van der Waals surface area contributed by atoms with Gasteiger partial charge < -0.3 is 10.6 Å². The smallest absolute Gasteiger partial charge is 0.319 e. The number of hydrogen-bond donors (Lipinski definition) is 2. The second kappa shape index (κ2) is 6.94. The molecule has 3 heteroatoms. The summed E-state index contributed by atoms with van der Waals surface area (Å²) in [6, 6.07) is 7.84. The summed E-state index contributed by atoms with van der Waals surface area (Å²) >= 11 is 0. The van der Waals surface area contributed by atoms with Crippen molar-refractivity contribution in [3.63, 3.8) is 0 Å². The number of carbonyl (C=O) groups excluding carboxylic acids is 1. The number of amides is 2. The highest BCUT2D eigenvalue weighted by Gasteiger charge is 2.03. The van der Waals surface area contributed by atoms with Crippen LogP contribution in [0.5, 0.6) is 0 Å². The van der Waals surface area contributed by atoms with Crippen molar-refractivity contribution in [1.29, 1.82) is 0 Å². The second-order valence-electron chi connectivity index (χ2n) is 4.51. The lowest BCUT2D eigenvalue weighted by Gasteiger charge is -2.10. The maximum absolute atomic E-state index is 11.5. The SMILES string of the molecule is CCCCNC(=O)Nc1cccc(C(C)C)c1. The van der Waals surface area contributed by atoms with E-state index >= 15 is 0 Å². The summed E-state index contributed by atoms with van der Waals surface area (Å²) < 4.78 is 0. The molecule has 1 aromatic rings. The lowest BCUT2D eigenvalue weighted by Crippen LogP contribution is -2.29. The van der Waals surface area contributed by atoms with Gasteiger partial charge in [0.25, 0.3) is 0 Å². The highest BCUT2D eigenvalue weighted by molar-refractivity contribution is 5.89. The molecule has 0 bridgehead atoms. The summed E-state index contributed by atoms with van der Waals surface area (Å²) in [5, 5.41) is 5.68. The van der Waals surface area contributed by atoms with Crippen LogP contribution in [0.2, 0.25) is 0 Å². The molecule has 0 unspecified atom stereocenters. The van der Waals surface area contributed by atoms with Crippen molar-refractivity contribution in [1.82, 2.24) is 5.32 Å². The predicted molar refractivity (Wildman–Crippen MR) is 72.5 cm³/mol. The first-order valence-electron chi connectivity index (χ1n) is 6.28. The van der Waals surface area contributed by atoms with Gasteiger partial charge in [0, 0.05) is 12.2 Å². The lowest BCUT2D eigenvalue weighted by atomic mass is 10.0. The van der Waals surface area contributed by atoms with Crippen molar-refractivity contribution in [2.45, 2.75) is 39.5 Å². The van der Waals surface area contributed by atoms with Crippen LogP contribution in [-0.2, 0) is 0 Å². The molecule has 0 heterocycles. The Kier molecular flexibility index (Phi) is 5.53. The van der Waals surface area contributed by atoms with Crippen LogP contribution >= 0.6 is 0 Å². The Labute approximate surface area is 104 Å². The van der Waals surface area contributed by atoms with Crippen molar-refractivity contribution in [2.75, 3.05) is 11.9 Å². The molecule has 0 fully saturated rings. The molecule has 94 valence electrons. The van der Waals surface area contributed by atoms with Crippen LogP contribution in [0.4, 0.5) is 10.5 Å². The van der Waals surface area contributed by atoms with E-state index in [0.717, 1.165) is 25.1 Å². The molecule has 0 aliphatic heterocycles. The summed E-state index contributed by atoms with van der Waals surface area (Å²) in [5.74, 6) is 0.472. The molecule has 1 aromatic carbocycles. The molecule has 0 saturated heterocycles. The van der Waals surface area contributed by atoms with Gasteiger partial charge in [-0.05, 0) is 30.0 Å². The molecule has 17 heavy (non-hydrogen) atoms. The Hall–Kier alpha value is -1.51. The number of urea groups is 1. The van der Waals surface area contributed by atoms with Crippen molar-refractivity contribution >= 4 is 11.7 Å². The first kappa shape index (κ1) is 13.6. The third-order valence-electron chi connectivity index (χ3n) is 2.63. The number of unbranched alkanes of at least 4 members (excludes halogenated alkanes) is 1. The maximum Gasteiger partial charge on any atom is 0.319 e. The Morgan fingerprint density at radius 2 is 2.12 bits per heavy atom. The van der Waals surface area contributed by atoms with E-state index in [1.165, 1.54) is 5.56 Å². The number of hydrogen-bond acceptors (Lipinski definition) is 1. The molecule has 0 spiro atoms. The van der Waals surface area contributed by atoms with Crippen LogP contribution in [0.3, 0.4) is 0 Å². The van der Waals surface area contributed by atoms with Crippen molar-refractivity contribution in [2.24, 2.45) is 0 Å². The van der Waals surface area contributed by atoms with Crippen LogP contribution < -0.4 is 10.6 Å². The predicted octanol–water partition coefficient (Wildman–Crippen LogP) is 3.73. The summed E-state index contributed by atoms with van der Waals surface area (Å²) in [7, 11) is 0. The zero-order valence-electron chi connectivity index (χ0n) is 10.9. The molecule has 0 aromatic heterocycles. The summed E-state index contributed by atoms with van der Waals surface area (Å²) in [6.45, 7) is 7.11. The van der Waals surface area contributed by atoms with Crippen molar-refractivity contribution in [3.8, 4) is 0 Å². The van der Waals surface area contributed by atoms with Gasteiger partial charge in [-0.25, -0.2) is 4.79 Å². The third kappa shape index (κ3) is 4.89. The molecular formula is C14H22N2O. The van der Waals surface area contributed by atoms with Crippen LogP contribution in [0.1, 0.15) is 45.1 Å². The monoisotopic (exact) mass is 234 g/mol. The minimum atomic E-state index is -0.126. The molecule has 0 aliphatic carbocycles. The molecule has 0 atom stereocenters. The maximum atomic E-state index is 11.5. The van der Waals surface area contributed by atoms with E-state index in [1.807, 2.05) is 18.2 Å². The standard InChI is InChI=1S/C14H22N2O/c1-4-5-9-15-14(17)16-13-8-6-7-12(10-13)11(2)3/h6-8,10-11H,4-5,9H2,1-3H3,(H2,15,16,17). The Morgan fingerprint density at radius 3 is 2.76 bits per heavy atom. The fraction of sp³-hybridized carbons (Fsp3) is 0.500.